The molecule has 0 aliphatic rings. The van der Waals surface area contributed by atoms with Gasteiger partial charge in [0, 0.05) is 6.54 Å². The minimum atomic E-state index is 0.491. The van der Waals surface area contributed by atoms with Crippen molar-refractivity contribution in [3.8, 4) is 0 Å². The molecule has 16 heavy (non-hydrogen) atoms. The Labute approximate surface area is 107 Å². The van der Waals surface area contributed by atoms with Crippen LogP contribution >= 0.6 is 23.3 Å². The zero-order valence-electron chi connectivity index (χ0n) is 10.0. The first-order valence-electron chi connectivity index (χ1n) is 5.92. The molecule has 0 aliphatic heterocycles. The van der Waals surface area contributed by atoms with E-state index in [-0.39, 0.29) is 0 Å². The summed E-state index contributed by atoms with van der Waals surface area (Å²) in [6.45, 7) is 5.49. The van der Waals surface area contributed by atoms with E-state index in [2.05, 4.69) is 27.9 Å². The average molecular weight is 262 g/mol. The Bertz CT molecular complexity index is 289. The number of nitrogens with zero attached hydrogens (tertiary/aromatic N) is 2. The number of rotatable bonds is 8. The summed E-state index contributed by atoms with van der Waals surface area (Å²) in [4.78, 5) is 0. The summed E-state index contributed by atoms with van der Waals surface area (Å²) in [6.07, 6.45) is 6.45. The molecule has 0 saturated heterocycles. The third-order valence-electron chi connectivity index (χ3n) is 2.45. The molecule has 0 amide bonds. The molecular weight excluding hydrogens is 242 g/mol. The molecule has 3 nitrogen and oxygen atoms in total. The van der Waals surface area contributed by atoms with Gasteiger partial charge in [-0.15, -0.1) is 0 Å². The van der Waals surface area contributed by atoms with Crippen molar-refractivity contribution < 1.29 is 0 Å². The fourth-order valence-corrected chi connectivity index (χ4v) is 2.20. The summed E-state index contributed by atoms with van der Waals surface area (Å²) in [7, 11) is 0. The van der Waals surface area contributed by atoms with Crippen molar-refractivity contribution in [2.45, 2.75) is 46.0 Å². The first-order valence-corrected chi connectivity index (χ1v) is 7.03. The van der Waals surface area contributed by atoms with Gasteiger partial charge in [0.1, 0.15) is 0 Å². The molecule has 1 heterocycles. The zero-order chi connectivity index (χ0) is 11.8. The minimum Gasteiger partial charge on any atom is -0.367 e. The molecule has 0 radical (unpaired) electrons. The van der Waals surface area contributed by atoms with Crippen LogP contribution < -0.4 is 5.32 Å². The fraction of sp³-hybridized carbons (Fsp3) is 0.818. The molecular formula is C11H20ClN3S. The van der Waals surface area contributed by atoms with Gasteiger partial charge < -0.3 is 5.32 Å². The van der Waals surface area contributed by atoms with Crippen LogP contribution in [0.15, 0.2) is 0 Å². The number of unbranched alkanes of at least 4 members (excludes halogenated alkanes) is 3. The van der Waals surface area contributed by atoms with Gasteiger partial charge in [-0.25, -0.2) is 0 Å². The smallest absolute Gasteiger partial charge is 0.186 e. The number of aromatic nitrogens is 2. The lowest BCUT2D eigenvalue weighted by molar-refractivity contribution is 0.523. The predicted octanol–water partition coefficient (Wildman–Crippen LogP) is 4.21. The largest absolute Gasteiger partial charge is 0.367 e. The molecule has 1 rings (SSSR count). The number of halogens is 1. The standard InChI is InChI=1S/C11H20ClN3S/c1-9(2)7-5-3-4-6-8-13-11-10(12)14-16-15-11/h9H,3-8H2,1-2H3,(H,13,15). The molecule has 0 unspecified atom stereocenters. The molecule has 0 saturated carbocycles. The lowest BCUT2D eigenvalue weighted by atomic mass is 10.0. The van der Waals surface area contributed by atoms with Crippen molar-refractivity contribution in [3.05, 3.63) is 5.15 Å². The highest BCUT2D eigenvalue weighted by molar-refractivity contribution is 6.99. The van der Waals surface area contributed by atoms with Crippen molar-refractivity contribution in [3.63, 3.8) is 0 Å². The van der Waals surface area contributed by atoms with Gasteiger partial charge in [-0.1, -0.05) is 51.1 Å². The van der Waals surface area contributed by atoms with Gasteiger partial charge in [-0.05, 0) is 12.3 Å². The maximum absolute atomic E-state index is 5.81. The van der Waals surface area contributed by atoms with E-state index in [4.69, 9.17) is 11.6 Å². The Balaban J connectivity index is 1.94. The first kappa shape index (κ1) is 13.7. The van der Waals surface area contributed by atoms with Crippen molar-refractivity contribution in [1.29, 1.82) is 0 Å². The monoisotopic (exact) mass is 261 g/mol. The van der Waals surface area contributed by atoms with Gasteiger partial charge in [-0.3, -0.25) is 0 Å². The Kier molecular flexibility index (Phi) is 6.73. The predicted molar refractivity (Wildman–Crippen MR) is 71.3 cm³/mol. The number of anilines is 1. The Morgan fingerprint density at radius 1 is 1.19 bits per heavy atom. The van der Waals surface area contributed by atoms with Gasteiger partial charge >= 0.3 is 0 Å². The maximum atomic E-state index is 5.81. The van der Waals surface area contributed by atoms with E-state index >= 15 is 0 Å². The molecule has 0 aromatic carbocycles. The van der Waals surface area contributed by atoms with Gasteiger partial charge in [0.05, 0.1) is 11.7 Å². The second-order valence-electron chi connectivity index (χ2n) is 4.43. The lowest BCUT2D eigenvalue weighted by Gasteiger charge is -2.05. The van der Waals surface area contributed by atoms with Crippen molar-refractivity contribution in [2.75, 3.05) is 11.9 Å². The molecule has 0 bridgehead atoms. The van der Waals surface area contributed by atoms with Crippen molar-refractivity contribution in [2.24, 2.45) is 5.92 Å². The van der Waals surface area contributed by atoms with Gasteiger partial charge in [0.25, 0.3) is 0 Å². The summed E-state index contributed by atoms with van der Waals surface area (Å²) in [6, 6.07) is 0. The summed E-state index contributed by atoms with van der Waals surface area (Å²) in [5, 5.41) is 3.69. The van der Waals surface area contributed by atoms with Crippen LogP contribution in [0, 0.1) is 5.92 Å². The number of nitrogens with one attached hydrogen (secondary N) is 1. The quantitative estimate of drug-likeness (QED) is 0.713. The third kappa shape index (κ3) is 5.66. The zero-order valence-corrected chi connectivity index (χ0v) is 11.6. The van der Waals surface area contributed by atoms with E-state index in [1.807, 2.05) is 0 Å². The van der Waals surface area contributed by atoms with E-state index in [0.29, 0.717) is 5.15 Å². The molecule has 1 N–H and O–H groups in total. The second kappa shape index (κ2) is 7.85. The summed E-state index contributed by atoms with van der Waals surface area (Å²) >= 11 is 6.96. The van der Waals surface area contributed by atoms with E-state index in [1.54, 1.807) is 0 Å². The molecule has 0 atom stereocenters. The number of hydrogen-bond donors (Lipinski definition) is 1. The lowest BCUT2D eigenvalue weighted by Crippen LogP contribution is -2.02. The van der Waals surface area contributed by atoms with Crippen LogP contribution in [-0.4, -0.2) is 15.3 Å². The first-order chi connectivity index (χ1) is 7.70. The molecule has 0 spiro atoms. The molecule has 1 aromatic heterocycles. The third-order valence-corrected chi connectivity index (χ3v) is 3.34. The maximum Gasteiger partial charge on any atom is 0.186 e. The van der Waals surface area contributed by atoms with Crippen molar-refractivity contribution in [1.82, 2.24) is 8.75 Å². The van der Waals surface area contributed by atoms with Crippen LogP contribution in [0.1, 0.15) is 46.0 Å². The molecule has 0 aliphatic carbocycles. The van der Waals surface area contributed by atoms with Gasteiger partial charge in [0.2, 0.25) is 0 Å². The Morgan fingerprint density at radius 2 is 1.94 bits per heavy atom. The van der Waals surface area contributed by atoms with E-state index in [1.165, 1.54) is 32.1 Å². The van der Waals surface area contributed by atoms with Crippen LogP contribution in [0.25, 0.3) is 0 Å². The molecule has 5 heteroatoms. The highest BCUT2D eigenvalue weighted by Gasteiger charge is 2.02. The van der Waals surface area contributed by atoms with E-state index in [9.17, 15) is 0 Å². The molecule has 0 fully saturated rings. The highest BCUT2D eigenvalue weighted by atomic mass is 35.5. The molecule has 92 valence electrons. The van der Waals surface area contributed by atoms with Crippen LogP contribution in [0.4, 0.5) is 5.82 Å². The highest BCUT2D eigenvalue weighted by Crippen LogP contribution is 2.17. The summed E-state index contributed by atoms with van der Waals surface area (Å²) < 4.78 is 7.96. The Hall–Kier alpha value is -0.350. The van der Waals surface area contributed by atoms with Crippen LogP contribution in [-0.2, 0) is 0 Å². The topological polar surface area (TPSA) is 37.8 Å². The molecule has 1 aromatic rings. The van der Waals surface area contributed by atoms with E-state index in [0.717, 1.165) is 30.0 Å². The van der Waals surface area contributed by atoms with Crippen LogP contribution in [0.2, 0.25) is 5.15 Å². The van der Waals surface area contributed by atoms with Crippen molar-refractivity contribution >= 4 is 29.1 Å². The fourth-order valence-electron chi connectivity index (χ4n) is 1.52. The van der Waals surface area contributed by atoms with Gasteiger partial charge in [0.15, 0.2) is 11.0 Å². The van der Waals surface area contributed by atoms with Gasteiger partial charge in [-0.2, -0.15) is 8.75 Å². The normalized spacial score (nSPS) is 11.0. The number of hydrogen-bond acceptors (Lipinski definition) is 4. The average Bonchev–Trinajstić information content (AvgIpc) is 2.62. The summed E-state index contributed by atoms with van der Waals surface area (Å²) in [5.74, 6) is 1.56. The van der Waals surface area contributed by atoms with Crippen LogP contribution in [0.5, 0.6) is 0 Å². The summed E-state index contributed by atoms with van der Waals surface area (Å²) in [5.41, 5.74) is 0. The second-order valence-corrected chi connectivity index (χ2v) is 5.31. The minimum absolute atomic E-state index is 0.491. The van der Waals surface area contributed by atoms with Crippen LogP contribution in [0.3, 0.4) is 0 Å². The SMILES string of the molecule is CC(C)CCCCCCNc1nsnc1Cl. The Morgan fingerprint density at radius 3 is 2.56 bits per heavy atom. The van der Waals surface area contributed by atoms with E-state index < -0.39 is 0 Å².